The molecule has 0 bridgehead atoms. The molecule has 1 amide bonds. The van der Waals surface area contributed by atoms with Crippen LogP contribution in [0.2, 0.25) is 0 Å². The van der Waals surface area contributed by atoms with Crippen LogP contribution in [0.5, 0.6) is 11.5 Å². The number of nitrogens with one attached hydrogen (secondary N) is 1. The molecule has 1 aliphatic carbocycles. The number of ether oxygens (including phenoxy) is 3. The first-order valence-electron chi connectivity index (χ1n) is 7.83. The summed E-state index contributed by atoms with van der Waals surface area (Å²) in [6, 6.07) is 4.32. The van der Waals surface area contributed by atoms with E-state index in [0.29, 0.717) is 12.5 Å². The van der Waals surface area contributed by atoms with Gasteiger partial charge in [0, 0.05) is 31.1 Å². The van der Waals surface area contributed by atoms with Crippen LogP contribution < -0.4 is 14.8 Å². The van der Waals surface area contributed by atoms with Crippen molar-refractivity contribution >= 4 is 6.41 Å². The fourth-order valence-electron chi connectivity index (χ4n) is 3.80. The molecule has 22 heavy (non-hydrogen) atoms. The summed E-state index contributed by atoms with van der Waals surface area (Å²) in [5, 5.41) is 2.97. The van der Waals surface area contributed by atoms with Crippen molar-refractivity contribution in [3.8, 4) is 11.5 Å². The monoisotopic (exact) mass is 305 g/mol. The van der Waals surface area contributed by atoms with Crippen molar-refractivity contribution < 1.29 is 19.0 Å². The minimum Gasteiger partial charge on any atom is -0.493 e. The zero-order valence-corrected chi connectivity index (χ0v) is 13.1. The molecular formula is C17H23NO4. The van der Waals surface area contributed by atoms with Gasteiger partial charge in [0.05, 0.1) is 13.7 Å². The van der Waals surface area contributed by atoms with E-state index in [1.54, 1.807) is 14.2 Å². The predicted octanol–water partition coefficient (Wildman–Crippen LogP) is 2.03. The Hall–Kier alpha value is -1.75. The van der Waals surface area contributed by atoms with Crippen molar-refractivity contribution in [2.45, 2.75) is 43.7 Å². The average molecular weight is 305 g/mol. The standard InChI is InChI=1S/C17H23NO4/c1-20-9-11-8-14-12(6-7-16(21-2)17(14)22-11)13-4-3-5-15(13)18-10-19/h6-7,10-11,13,15H,3-5,8-9H2,1-2H3,(H,18,19). The minimum absolute atomic E-state index is 0.0360. The molecule has 0 aromatic heterocycles. The first kappa shape index (κ1) is 15.2. The van der Waals surface area contributed by atoms with E-state index in [4.69, 9.17) is 14.2 Å². The lowest BCUT2D eigenvalue weighted by Crippen LogP contribution is -2.30. The number of hydrogen-bond donors (Lipinski definition) is 1. The molecular weight excluding hydrogens is 282 g/mol. The van der Waals surface area contributed by atoms with Gasteiger partial charge in [-0.2, -0.15) is 0 Å². The highest BCUT2D eigenvalue weighted by Gasteiger charge is 2.35. The van der Waals surface area contributed by atoms with Gasteiger partial charge in [0.15, 0.2) is 11.5 Å². The predicted molar refractivity (Wildman–Crippen MR) is 82.6 cm³/mol. The van der Waals surface area contributed by atoms with Crippen LogP contribution in [-0.2, 0) is 16.0 Å². The molecule has 0 saturated heterocycles. The van der Waals surface area contributed by atoms with Crippen molar-refractivity contribution in [2.24, 2.45) is 0 Å². The number of amides is 1. The second-order valence-electron chi connectivity index (χ2n) is 5.99. The maximum Gasteiger partial charge on any atom is 0.207 e. The lowest BCUT2D eigenvalue weighted by atomic mass is 9.88. The molecule has 0 spiro atoms. The summed E-state index contributed by atoms with van der Waals surface area (Å²) in [6.45, 7) is 0.567. The Morgan fingerprint density at radius 2 is 2.23 bits per heavy atom. The van der Waals surface area contributed by atoms with Gasteiger partial charge in [-0.3, -0.25) is 4.79 Å². The Labute approximate surface area is 130 Å². The number of benzene rings is 1. The molecule has 0 radical (unpaired) electrons. The number of fused-ring (bicyclic) bond motifs is 1. The summed E-state index contributed by atoms with van der Waals surface area (Å²) in [5.74, 6) is 1.98. The largest absolute Gasteiger partial charge is 0.493 e. The Bertz CT molecular complexity index is 546. The summed E-state index contributed by atoms with van der Waals surface area (Å²) in [6.07, 6.45) is 4.95. The van der Waals surface area contributed by atoms with Crippen LogP contribution in [0.15, 0.2) is 12.1 Å². The minimum atomic E-state index is 0.0360. The van der Waals surface area contributed by atoms with Gasteiger partial charge >= 0.3 is 0 Å². The van der Waals surface area contributed by atoms with Crippen molar-refractivity contribution in [3.05, 3.63) is 23.3 Å². The molecule has 1 saturated carbocycles. The van der Waals surface area contributed by atoms with E-state index < -0.39 is 0 Å². The van der Waals surface area contributed by atoms with Gasteiger partial charge in [-0.1, -0.05) is 12.5 Å². The highest BCUT2D eigenvalue weighted by Crippen LogP contribution is 2.45. The van der Waals surface area contributed by atoms with E-state index in [1.165, 1.54) is 11.1 Å². The summed E-state index contributed by atoms with van der Waals surface area (Å²) in [5.41, 5.74) is 2.50. The third kappa shape index (κ3) is 2.65. The summed E-state index contributed by atoms with van der Waals surface area (Å²) in [4.78, 5) is 10.8. The topological polar surface area (TPSA) is 56.8 Å². The molecule has 1 heterocycles. The van der Waals surface area contributed by atoms with E-state index in [1.807, 2.05) is 6.07 Å². The quantitative estimate of drug-likeness (QED) is 0.817. The van der Waals surface area contributed by atoms with Crippen LogP contribution in [0.1, 0.15) is 36.3 Å². The van der Waals surface area contributed by atoms with Crippen LogP contribution in [0.3, 0.4) is 0 Å². The molecule has 1 aliphatic heterocycles. The van der Waals surface area contributed by atoms with Crippen molar-refractivity contribution in [3.63, 3.8) is 0 Å². The Kier molecular flexibility index (Phi) is 4.52. The van der Waals surface area contributed by atoms with Gasteiger partial charge in [-0.05, 0) is 24.5 Å². The van der Waals surface area contributed by atoms with Crippen LogP contribution in [0.4, 0.5) is 0 Å². The van der Waals surface area contributed by atoms with Crippen LogP contribution >= 0.6 is 0 Å². The first-order chi connectivity index (χ1) is 10.8. The first-order valence-corrected chi connectivity index (χ1v) is 7.83. The van der Waals surface area contributed by atoms with E-state index in [0.717, 1.165) is 43.6 Å². The highest BCUT2D eigenvalue weighted by atomic mass is 16.5. The number of carbonyl (C=O) groups is 1. The van der Waals surface area contributed by atoms with Gasteiger partial charge in [0.2, 0.25) is 6.41 Å². The normalized spacial score (nSPS) is 26.4. The molecule has 2 aliphatic rings. The SMILES string of the molecule is COCC1Cc2c(C3CCCC3NC=O)ccc(OC)c2O1. The van der Waals surface area contributed by atoms with E-state index in [9.17, 15) is 4.79 Å². The lowest BCUT2D eigenvalue weighted by molar-refractivity contribution is -0.110. The smallest absolute Gasteiger partial charge is 0.207 e. The molecule has 5 nitrogen and oxygen atoms in total. The summed E-state index contributed by atoms with van der Waals surface area (Å²) >= 11 is 0. The van der Waals surface area contributed by atoms with Crippen LogP contribution in [0, 0.1) is 0 Å². The van der Waals surface area contributed by atoms with Crippen LogP contribution in [-0.4, -0.2) is 39.4 Å². The third-order valence-electron chi connectivity index (χ3n) is 4.75. The van der Waals surface area contributed by atoms with Gasteiger partial charge in [0.1, 0.15) is 6.10 Å². The number of hydrogen-bond acceptors (Lipinski definition) is 4. The summed E-state index contributed by atoms with van der Waals surface area (Å²) in [7, 11) is 3.35. The second kappa shape index (κ2) is 6.57. The van der Waals surface area contributed by atoms with Crippen LogP contribution in [0.25, 0.3) is 0 Å². The molecule has 1 aromatic rings. The molecule has 3 rings (SSSR count). The number of carbonyl (C=O) groups excluding carboxylic acids is 1. The molecule has 5 heteroatoms. The maximum atomic E-state index is 10.8. The average Bonchev–Trinajstić information content (AvgIpc) is 3.13. The Morgan fingerprint density at radius 1 is 1.36 bits per heavy atom. The fourth-order valence-corrected chi connectivity index (χ4v) is 3.80. The molecule has 1 fully saturated rings. The Morgan fingerprint density at radius 3 is 2.95 bits per heavy atom. The van der Waals surface area contributed by atoms with Crippen molar-refractivity contribution in [2.75, 3.05) is 20.8 Å². The van der Waals surface area contributed by atoms with Gasteiger partial charge in [-0.25, -0.2) is 0 Å². The van der Waals surface area contributed by atoms with Gasteiger partial charge in [-0.15, -0.1) is 0 Å². The fraction of sp³-hybridized carbons (Fsp3) is 0.588. The van der Waals surface area contributed by atoms with Gasteiger partial charge < -0.3 is 19.5 Å². The second-order valence-corrected chi connectivity index (χ2v) is 5.99. The number of methoxy groups -OCH3 is 2. The van der Waals surface area contributed by atoms with Crippen molar-refractivity contribution in [1.82, 2.24) is 5.32 Å². The molecule has 1 aromatic carbocycles. The summed E-state index contributed by atoms with van der Waals surface area (Å²) < 4.78 is 16.7. The number of rotatable bonds is 6. The van der Waals surface area contributed by atoms with Gasteiger partial charge in [0.25, 0.3) is 0 Å². The third-order valence-corrected chi connectivity index (χ3v) is 4.75. The highest BCUT2D eigenvalue weighted by molar-refractivity contribution is 5.55. The lowest BCUT2D eigenvalue weighted by Gasteiger charge is -2.22. The molecule has 1 N–H and O–H groups in total. The van der Waals surface area contributed by atoms with E-state index in [2.05, 4.69) is 11.4 Å². The van der Waals surface area contributed by atoms with E-state index in [-0.39, 0.29) is 12.1 Å². The Balaban J connectivity index is 1.93. The van der Waals surface area contributed by atoms with Crippen molar-refractivity contribution in [1.29, 1.82) is 0 Å². The molecule has 3 unspecified atom stereocenters. The maximum absolute atomic E-state index is 10.8. The zero-order valence-electron chi connectivity index (χ0n) is 13.1. The van der Waals surface area contributed by atoms with E-state index >= 15 is 0 Å². The molecule has 120 valence electrons. The zero-order chi connectivity index (χ0) is 15.5. The molecule has 3 atom stereocenters.